The molecule has 5 rings (SSSR count). The zero-order valence-corrected chi connectivity index (χ0v) is 22.2. The Bertz CT molecular complexity index is 1390. The largest absolute Gasteiger partial charge is 0.395 e. The molecular weight excluding hydrogens is 496 g/mol. The molecule has 1 saturated heterocycles. The average Bonchev–Trinajstić information content (AvgIpc) is 3.62. The van der Waals surface area contributed by atoms with Gasteiger partial charge in [0.05, 0.1) is 28.9 Å². The van der Waals surface area contributed by atoms with Crippen LogP contribution in [0.2, 0.25) is 0 Å². The second kappa shape index (κ2) is 11.9. The highest BCUT2D eigenvalue weighted by Crippen LogP contribution is 2.40. The quantitative estimate of drug-likeness (QED) is 0.298. The highest BCUT2D eigenvalue weighted by atomic mass is 32.1. The molecule has 4 aromatic rings. The van der Waals surface area contributed by atoms with Crippen molar-refractivity contribution in [2.75, 3.05) is 19.7 Å². The van der Waals surface area contributed by atoms with E-state index in [0.717, 1.165) is 44.8 Å². The topological polar surface area (TPSA) is 94.6 Å². The maximum absolute atomic E-state index is 14.0. The average molecular weight is 529 g/mol. The Morgan fingerprint density at radius 2 is 1.79 bits per heavy atom. The summed E-state index contributed by atoms with van der Waals surface area (Å²) in [5.41, 5.74) is 3.89. The van der Waals surface area contributed by atoms with Crippen LogP contribution < -0.4 is 10.6 Å². The van der Waals surface area contributed by atoms with E-state index in [1.807, 2.05) is 53.4 Å². The Balaban J connectivity index is 1.44. The molecule has 0 aliphatic carbocycles. The fraction of sp³-hybridized carbons (Fsp3) is 0.300. The summed E-state index contributed by atoms with van der Waals surface area (Å²) in [4.78, 5) is 33.9. The number of amides is 2. The Kier molecular flexibility index (Phi) is 8.12. The third-order valence-corrected chi connectivity index (χ3v) is 8.09. The van der Waals surface area contributed by atoms with Crippen molar-refractivity contribution in [3.8, 4) is 11.1 Å². The van der Waals surface area contributed by atoms with Crippen LogP contribution in [0.15, 0.2) is 78.9 Å². The van der Waals surface area contributed by atoms with Gasteiger partial charge < -0.3 is 20.6 Å². The number of carbonyl (C=O) groups is 2. The van der Waals surface area contributed by atoms with Gasteiger partial charge in [-0.15, -0.1) is 11.3 Å². The van der Waals surface area contributed by atoms with Crippen molar-refractivity contribution in [1.29, 1.82) is 0 Å². The summed E-state index contributed by atoms with van der Waals surface area (Å²) in [5, 5.41) is 15.9. The third-order valence-electron chi connectivity index (χ3n) is 6.96. The van der Waals surface area contributed by atoms with E-state index in [1.54, 1.807) is 18.3 Å². The Morgan fingerprint density at radius 3 is 2.53 bits per heavy atom. The van der Waals surface area contributed by atoms with Crippen LogP contribution in [0.25, 0.3) is 21.3 Å². The predicted molar refractivity (Wildman–Crippen MR) is 151 cm³/mol. The van der Waals surface area contributed by atoms with Gasteiger partial charge >= 0.3 is 0 Å². The van der Waals surface area contributed by atoms with Gasteiger partial charge in [0.15, 0.2) is 0 Å². The van der Waals surface area contributed by atoms with Gasteiger partial charge in [-0.3, -0.25) is 9.59 Å². The molecular formula is C30H32N4O3S. The van der Waals surface area contributed by atoms with Gasteiger partial charge in [0.2, 0.25) is 11.8 Å². The first-order chi connectivity index (χ1) is 18.6. The number of aromatic nitrogens is 1. The highest BCUT2D eigenvalue weighted by molar-refractivity contribution is 7.18. The van der Waals surface area contributed by atoms with E-state index in [-0.39, 0.29) is 24.5 Å². The molecule has 1 aliphatic rings. The van der Waals surface area contributed by atoms with Crippen LogP contribution in [0, 0.1) is 0 Å². The van der Waals surface area contributed by atoms with E-state index < -0.39 is 12.1 Å². The molecule has 3 aromatic carbocycles. The number of fused-ring (bicyclic) bond motifs is 1. The first kappa shape index (κ1) is 26.0. The lowest BCUT2D eigenvalue weighted by molar-refractivity contribution is -0.137. The minimum absolute atomic E-state index is 0.0672. The van der Waals surface area contributed by atoms with E-state index in [2.05, 4.69) is 41.0 Å². The van der Waals surface area contributed by atoms with Crippen molar-refractivity contribution in [2.45, 2.75) is 37.9 Å². The number of rotatable bonds is 9. The van der Waals surface area contributed by atoms with Gasteiger partial charge in [-0.25, -0.2) is 4.98 Å². The summed E-state index contributed by atoms with van der Waals surface area (Å²) in [6, 6.07) is 24.3. The summed E-state index contributed by atoms with van der Waals surface area (Å²) in [6.45, 7) is 2.57. The van der Waals surface area contributed by atoms with Gasteiger partial charge in [0.25, 0.3) is 0 Å². The molecule has 0 bridgehead atoms. The van der Waals surface area contributed by atoms with Crippen molar-refractivity contribution >= 4 is 33.4 Å². The molecule has 0 unspecified atom stereocenters. The second-order valence-corrected chi connectivity index (χ2v) is 10.6. The van der Waals surface area contributed by atoms with Crippen LogP contribution in [0.4, 0.5) is 0 Å². The van der Waals surface area contributed by atoms with Gasteiger partial charge in [0.1, 0.15) is 11.0 Å². The maximum atomic E-state index is 14.0. The van der Waals surface area contributed by atoms with E-state index in [1.165, 1.54) is 0 Å². The third kappa shape index (κ3) is 5.48. The zero-order chi connectivity index (χ0) is 26.5. The van der Waals surface area contributed by atoms with Crippen LogP contribution in [-0.4, -0.2) is 52.5 Å². The molecule has 0 spiro atoms. The van der Waals surface area contributed by atoms with Crippen LogP contribution in [0.5, 0.6) is 0 Å². The van der Waals surface area contributed by atoms with Crippen LogP contribution in [0.3, 0.4) is 0 Å². The molecule has 2 amide bonds. The summed E-state index contributed by atoms with van der Waals surface area (Å²) < 4.78 is 1.09. The van der Waals surface area contributed by atoms with Gasteiger partial charge in [-0.2, -0.15) is 0 Å². The second-order valence-electron chi connectivity index (χ2n) is 9.51. The minimum Gasteiger partial charge on any atom is -0.395 e. The number of benzene rings is 3. The Morgan fingerprint density at radius 1 is 1.05 bits per heavy atom. The fourth-order valence-electron chi connectivity index (χ4n) is 4.99. The molecule has 2 heterocycles. The molecule has 38 heavy (non-hydrogen) atoms. The molecule has 7 nitrogen and oxygen atoms in total. The molecule has 0 saturated carbocycles. The Labute approximate surface area is 226 Å². The molecule has 1 aliphatic heterocycles. The highest BCUT2D eigenvalue weighted by Gasteiger charge is 2.37. The number of para-hydroxylation sites is 1. The number of carbonyl (C=O) groups excluding carboxylic acids is 2. The molecule has 3 atom stereocenters. The SMILES string of the molecule is C[C@@H](NCCO)C(=O)N[C@H](C(=O)N1CCC[C@H]1c1nc2c(-c3ccccc3)cccc2s1)c1ccccc1. The number of hydrogen-bond donors (Lipinski definition) is 3. The molecule has 196 valence electrons. The standard InChI is InChI=1S/C30H32N4O3S/c1-20(31-17-19-35)28(36)32-26(22-12-6-3-7-13-22)30(37)34-18-9-15-24(34)29-33-27-23(14-8-16-25(27)38-29)21-10-4-2-5-11-21/h2-8,10-14,16,20,24,26,31,35H,9,15,17-19H2,1H3,(H,32,36)/t20-,24+,26+/m1/s1. The lowest BCUT2D eigenvalue weighted by atomic mass is 10.0. The normalized spacial score (nSPS) is 16.9. The number of thiazole rings is 1. The summed E-state index contributed by atoms with van der Waals surface area (Å²) in [7, 11) is 0. The zero-order valence-electron chi connectivity index (χ0n) is 21.3. The van der Waals surface area contributed by atoms with Crippen molar-refractivity contribution in [2.24, 2.45) is 0 Å². The van der Waals surface area contributed by atoms with Crippen LogP contribution >= 0.6 is 11.3 Å². The molecule has 1 fully saturated rings. The van der Waals surface area contributed by atoms with Crippen molar-refractivity contribution in [1.82, 2.24) is 20.5 Å². The number of nitrogens with one attached hydrogen (secondary N) is 2. The Hall–Kier alpha value is -3.59. The van der Waals surface area contributed by atoms with E-state index >= 15 is 0 Å². The lowest BCUT2D eigenvalue weighted by Crippen LogP contribution is -2.48. The maximum Gasteiger partial charge on any atom is 0.250 e. The minimum atomic E-state index is -0.808. The number of nitrogens with zero attached hydrogens (tertiary/aromatic N) is 2. The van der Waals surface area contributed by atoms with E-state index in [0.29, 0.717) is 13.1 Å². The number of likely N-dealkylation sites (tertiary alicyclic amines) is 1. The number of aliphatic hydroxyl groups excluding tert-OH is 1. The summed E-state index contributed by atoms with van der Waals surface area (Å²) in [6.07, 6.45) is 1.71. The molecule has 0 radical (unpaired) electrons. The number of aliphatic hydroxyl groups is 1. The van der Waals surface area contributed by atoms with Crippen LogP contribution in [-0.2, 0) is 9.59 Å². The first-order valence-electron chi connectivity index (χ1n) is 13.0. The number of hydrogen-bond acceptors (Lipinski definition) is 6. The first-order valence-corrected chi connectivity index (χ1v) is 13.8. The van der Waals surface area contributed by atoms with Gasteiger partial charge in [-0.1, -0.05) is 72.8 Å². The summed E-state index contributed by atoms with van der Waals surface area (Å²) >= 11 is 1.63. The van der Waals surface area contributed by atoms with Crippen molar-refractivity contribution in [3.05, 3.63) is 89.4 Å². The predicted octanol–water partition coefficient (Wildman–Crippen LogP) is 4.45. The fourth-order valence-corrected chi connectivity index (χ4v) is 6.13. The van der Waals surface area contributed by atoms with Gasteiger partial charge in [-0.05, 0) is 37.0 Å². The van der Waals surface area contributed by atoms with Crippen LogP contribution in [0.1, 0.15) is 42.4 Å². The molecule has 3 N–H and O–H groups in total. The van der Waals surface area contributed by atoms with Crippen molar-refractivity contribution in [3.63, 3.8) is 0 Å². The van der Waals surface area contributed by atoms with Crippen molar-refractivity contribution < 1.29 is 14.7 Å². The van der Waals surface area contributed by atoms with Gasteiger partial charge in [0, 0.05) is 18.7 Å². The smallest absolute Gasteiger partial charge is 0.250 e. The molecule has 8 heteroatoms. The summed E-state index contributed by atoms with van der Waals surface area (Å²) in [5.74, 6) is -0.423. The lowest BCUT2D eigenvalue weighted by Gasteiger charge is -2.29. The molecule has 1 aromatic heterocycles. The van der Waals surface area contributed by atoms with E-state index in [9.17, 15) is 9.59 Å². The monoisotopic (exact) mass is 528 g/mol. The van der Waals surface area contributed by atoms with E-state index in [4.69, 9.17) is 10.1 Å².